The van der Waals surface area contributed by atoms with E-state index in [1.807, 2.05) is 19.1 Å². The predicted molar refractivity (Wildman–Crippen MR) is 99.5 cm³/mol. The van der Waals surface area contributed by atoms with E-state index in [1.54, 1.807) is 48.1 Å². The lowest BCUT2D eigenvalue weighted by Gasteiger charge is -2.10. The first-order valence-electron chi connectivity index (χ1n) is 8.11. The first kappa shape index (κ1) is 17.3. The number of carbonyl (C=O) groups is 2. The molecule has 0 atom stereocenters. The second-order valence-corrected chi connectivity index (χ2v) is 5.90. The van der Waals surface area contributed by atoms with Crippen molar-refractivity contribution in [1.82, 2.24) is 14.8 Å². The van der Waals surface area contributed by atoms with Crippen LogP contribution in [0.1, 0.15) is 28.7 Å². The van der Waals surface area contributed by atoms with E-state index in [4.69, 9.17) is 0 Å². The van der Waals surface area contributed by atoms with Crippen molar-refractivity contribution in [3.8, 4) is 5.69 Å². The fraction of sp³-hybridized carbons (Fsp3) is 0.158. The van der Waals surface area contributed by atoms with Gasteiger partial charge in [0.25, 0.3) is 5.91 Å². The Balaban J connectivity index is 1.80. The number of pyridine rings is 1. The fourth-order valence-electron chi connectivity index (χ4n) is 2.57. The number of aryl methyl sites for hydroxylation is 2. The molecule has 0 aliphatic rings. The van der Waals surface area contributed by atoms with Gasteiger partial charge in [-0.3, -0.25) is 14.6 Å². The van der Waals surface area contributed by atoms with E-state index in [0.29, 0.717) is 22.8 Å². The number of nitrogens with one attached hydrogen (secondary N) is 2. The Morgan fingerprint density at radius 1 is 1.04 bits per heavy atom. The Morgan fingerprint density at radius 2 is 1.77 bits per heavy atom. The molecule has 0 saturated carbocycles. The van der Waals surface area contributed by atoms with Gasteiger partial charge in [0.2, 0.25) is 5.91 Å². The summed E-state index contributed by atoms with van der Waals surface area (Å²) < 4.78 is 1.65. The smallest absolute Gasteiger partial charge is 0.257 e. The Morgan fingerprint density at radius 3 is 2.42 bits per heavy atom. The Labute approximate surface area is 151 Å². The van der Waals surface area contributed by atoms with Gasteiger partial charge in [-0.15, -0.1) is 0 Å². The average Bonchev–Trinajstić information content (AvgIpc) is 2.95. The highest BCUT2D eigenvalue weighted by atomic mass is 16.2. The Hall–Kier alpha value is -3.48. The quantitative estimate of drug-likeness (QED) is 0.757. The minimum Gasteiger partial charge on any atom is -0.322 e. The van der Waals surface area contributed by atoms with Crippen LogP contribution in [0.3, 0.4) is 0 Å². The lowest BCUT2D eigenvalue weighted by Crippen LogP contribution is -2.14. The number of anilines is 2. The SMILES string of the molecule is CC(=O)Nc1cc(C)nn1-c1ccc(NC(=O)c2cccnc2C)cc1. The van der Waals surface area contributed by atoms with E-state index < -0.39 is 0 Å². The number of benzene rings is 1. The summed E-state index contributed by atoms with van der Waals surface area (Å²) in [5.41, 5.74) is 3.43. The van der Waals surface area contributed by atoms with Crippen molar-refractivity contribution < 1.29 is 9.59 Å². The van der Waals surface area contributed by atoms with Crippen LogP contribution in [0.2, 0.25) is 0 Å². The van der Waals surface area contributed by atoms with Crippen LogP contribution in [0.25, 0.3) is 5.69 Å². The molecule has 0 spiro atoms. The molecule has 2 heterocycles. The van der Waals surface area contributed by atoms with E-state index in [-0.39, 0.29) is 11.8 Å². The van der Waals surface area contributed by atoms with Gasteiger partial charge in [-0.1, -0.05) is 0 Å². The van der Waals surface area contributed by atoms with Crippen LogP contribution in [0.15, 0.2) is 48.7 Å². The molecule has 7 nitrogen and oxygen atoms in total. The van der Waals surface area contributed by atoms with Crippen molar-refractivity contribution in [2.24, 2.45) is 0 Å². The molecule has 7 heteroatoms. The van der Waals surface area contributed by atoms with Crippen LogP contribution in [0, 0.1) is 13.8 Å². The maximum atomic E-state index is 12.4. The number of nitrogens with zero attached hydrogens (tertiary/aromatic N) is 3. The van der Waals surface area contributed by atoms with Crippen molar-refractivity contribution >= 4 is 23.3 Å². The summed E-state index contributed by atoms with van der Waals surface area (Å²) in [5.74, 6) is 0.219. The van der Waals surface area contributed by atoms with Gasteiger partial charge in [0, 0.05) is 30.6 Å². The third-order valence-electron chi connectivity index (χ3n) is 3.76. The Kier molecular flexibility index (Phi) is 4.79. The van der Waals surface area contributed by atoms with Gasteiger partial charge in [-0.25, -0.2) is 4.68 Å². The van der Waals surface area contributed by atoms with Gasteiger partial charge in [-0.2, -0.15) is 5.10 Å². The average molecular weight is 349 g/mol. The van der Waals surface area contributed by atoms with Gasteiger partial charge in [0.1, 0.15) is 5.82 Å². The lowest BCUT2D eigenvalue weighted by molar-refractivity contribution is -0.114. The van der Waals surface area contributed by atoms with E-state index >= 15 is 0 Å². The van der Waals surface area contributed by atoms with Crippen LogP contribution >= 0.6 is 0 Å². The molecule has 3 rings (SSSR count). The second kappa shape index (κ2) is 7.18. The molecule has 26 heavy (non-hydrogen) atoms. The largest absolute Gasteiger partial charge is 0.322 e. The summed E-state index contributed by atoms with van der Waals surface area (Å²) in [6.07, 6.45) is 1.65. The maximum Gasteiger partial charge on any atom is 0.257 e. The minimum atomic E-state index is -0.211. The zero-order valence-corrected chi connectivity index (χ0v) is 14.8. The van der Waals surface area contributed by atoms with Gasteiger partial charge in [-0.05, 0) is 50.2 Å². The summed E-state index contributed by atoms with van der Waals surface area (Å²) in [6, 6.07) is 12.5. The first-order valence-corrected chi connectivity index (χ1v) is 8.11. The van der Waals surface area contributed by atoms with Crippen molar-refractivity contribution in [3.05, 3.63) is 65.6 Å². The van der Waals surface area contributed by atoms with Gasteiger partial charge < -0.3 is 10.6 Å². The summed E-state index contributed by atoms with van der Waals surface area (Å²) in [7, 11) is 0. The number of amides is 2. The molecule has 1 aromatic carbocycles. The topological polar surface area (TPSA) is 88.9 Å². The molecule has 0 fully saturated rings. The van der Waals surface area contributed by atoms with Crippen LogP contribution < -0.4 is 10.6 Å². The number of aromatic nitrogens is 3. The van der Waals surface area contributed by atoms with Crippen molar-refractivity contribution in [2.45, 2.75) is 20.8 Å². The second-order valence-electron chi connectivity index (χ2n) is 5.90. The number of hydrogen-bond acceptors (Lipinski definition) is 4. The lowest BCUT2D eigenvalue weighted by atomic mass is 10.2. The van der Waals surface area contributed by atoms with E-state index in [2.05, 4.69) is 20.7 Å². The molecule has 132 valence electrons. The molecule has 0 aliphatic heterocycles. The third kappa shape index (κ3) is 3.77. The molecule has 2 aromatic heterocycles. The summed E-state index contributed by atoms with van der Waals surface area (Å²) in [6.45, 7) is 5.10. The molecule has 2 N–H and O–H groups in total. The molecule has 0 bridgehead atoms. The highest BCUT2D eigenvalue weighted by molar-refractivity contribution is 6.05. The number of carbonyl (C=O) groups excluding carboxylic acids is 2. The van der Waals surface area contributed by atoms with Crippen LogP contribution in [0.4, 0.5) is 11.5 Å². The van der Waals surface area contributed by atoms with E-state index in [9.17, 15) is 9.59 Å². The van der Waals surface area contributed by atoms with Gasteiger partial charge in [0.05, 0.1) is 16.9 Å². The molecule has 0 unspecified atom stereocenters. The zero-order valence-electron chi connectivity index (χ0n) is 14.8. The van der Waals surface area contributed by atoms with Crippen molar-refractivity contribution in [1.29, 1.82) is 0 Å². The highest BCUT2D eigenvalue weighted by Gasteiger charge is 2.11. The highest BCUT2D eigenvalue weighted by Crippen LogP contribution is 2.20. The maximum absolute atomic E-state index is 12.4. The van der Waals surface area contributed by atoms with Gasteiger partial charge >= 0.3 is 0 Å². The summed E-state index contributed by atoms with van der Waals surface area (Å²) >= 11 is 0. The fourth-order valence-corrected chi connectivity index (χ4v) is 2.57. The third-order valence-corrected chi connectivity index (χ3v) is 3.76. The van der Waals surface area contributed by atoms with Crippen molar-refractivity contribution in [3.63, 3.8) is 0 Å². The monoisotopic (exact) mass is 349 g/mol. The van der Waals surface area contributed by atoms with Crippen molar-refractivity contribution in [2.75, 3.05) is 10.6 Å². The predicted octanol–water partition coefficient (Wildman–Crippen LogP) is 3.09. The molecule has 0 radical (unpaired) electrons. The zero-order chi connectivity index (χ0) is 18.7. The summed E-state index contributed by atoms with van der Waals surface area (Å²) in [5, 5.41) is 9.99. The molecule has 2 amide bonds. The van der Waals surface area contributed by atoms with E-state index in [1.165, 1.54) is 6.92 Å². The summed E-state index contributed by atoms with van der Waals surface area (Å²) in [4.78, 5) is 27.8. The molecule has 0 aliphatic carbocycles. The normalized spacial score (nSPS) is 10.4. The van der Waals surface area contributed by atoms with Crippen LogP contribution in [-0.2, 0) is 4.79 Å². The number of hydrogen-bond donors (Lipinski definition) is 2. The molecule has 0 saturated heterocycles. The molecular formula is C19H19N5O2. The van der Waals surface area contributed by atoms with Crippen LogP contribution in [-0.4, -0.2) is 26.6 Å². The van der Waals surface area contributed by atoms with Gasteiger partial charge in [0.15, 0.2) is 0 Å². The number of rotatable bonds is 4. The van der Waals surface area contributed by atoms with Crippen LogP contribution in [0.5, 0.6) is 0 Å². The first-order chi connectivity index (χ1) is 12.4. The molecule has 3 aromatic rings. The molecular weight excluding hydrogens is 330 g/mol. The Bertz CT molecular complexity index is 960. The standard InChI is InChI=1S/C19H19N5O2/c1-12-11-18(21-14(3)25)24(23-12)16-8-6-15(7-9-16)22-19(26)17-5-4-10-20-13(17)2/h4-11H,1-3H3,(H,21,25)(H,22,26). The van der Waals surface area contributed by atoms with E-state index in [0.717, 1.165) is 11.4 Å². The minimum absolute atomic E-state index is 0.165.